The number of halogens is 2. The molecule has 0 unspecified atom stereocenters. The third-order valence-corrected chi connectivity index (χ3v) is 2.76. The normalized spacial score (nSPS) is 11.1. The molecule has 0 aromatic carbocycles. The summed E-state index contributed by atoms with van der Waals surface area (Å²) in [7, 11) is 0. The van der Waals surface area contributed by atoms with Crippen LogP contribution in [-0.2, 0) is 9.53 Å². The van der Waals surface area contributed by atoms with Gasteiger partial charge in [0, 0.05) is 0 Å². The van der Waals surface area contributed by atoms with Crippen LogP contribution in [-0.4, -0.2) is 25.2 Å². The number of nitrogens with two attached hydrogens (primary N) is 2. The molecule has 0 spiro atoms. The Labute approximate surface area is 129 Å². The van der Waals surface area contributed by atoms with E-state index in [9.17, 15) is 4.79 Å². The molecule has 0 bridgehead atoms. The molecule has 0 rings (SSSR count). The Kier molecular flexibility index (Phi) is 22.7. The van der Waals surface area contributed by atoms with E-state index in [-0.39, 0.29) is 30.8 Å². The minimum absolute atomic E-state index is 0. The molecule has 0 radical (unpaired) electrons. The van der Waals surface area contributed by atoms with Crippen molar-refractivity contribution in [2.45, 2.75) is 64.3 Å². The van der Waals surface area contributed by atoms with Gasteiger partial charge in [-0.25, -0.2) is 0 Å². The maximum Gasteiger partial charge on any atom is 0.322 e. The van der Waals surface area contributed by atoms with Crippen molar-refractivity contribution < 1.29 is 9.53 Å². The van der Waals surface area contributed by atoms with Gasteiger partial charge in [0.2, 0.25) is 0 Å². The molecule has 0 aromatic heterocycles. The number of esters is 1. The van der Waals surface area contributed by atoms with E-state index in [0.29, 0.717) is 19.6 Å². The number of hydrogen-bond donors (Lipinski definition) is 2. The molecule has 0 aliphatic carbocycles. The molecule has 0 saturated carbocycles. The molecule has 0 heterocycles. The summed E-state index contributed by atoms with van der Waals surface area (Å²) in [6.45, 7) is 3.27. The van der Waals surface area contributed by atoms with Gasteiger partial charge in [0.05, 0.1) is 6.61 Å². The summed E-state index contributed by atoms with van der Waals surface area (Å²) in [5, 5.41) is 0. The third-order valence-electron chi connectivity index (χ3n) is 2.76. The van der Waals surface area contributed by atoms with Gasteiger partial charge in [-0.2, -0.15) is 0 Å². The molecule has 1 atom stereocenters. The second kappa shape index (κ2) is 18.0. The first-order chi connectivity index (χ1) is 8.22. The lowest BCUT2D eigenvalue weighted by Gasteiger charge is -2.10. The van der Waals surface area contributed by atoms with Crippen molar-refractivity contribution in [3.8, 4) is 0 Å². The summed E-state index contributed by atoms with van der Waals surface area (Å²) in [4.78, 5) is 11.4. The Balaban J connectivity index is -0.00000128. The van der Waals surface area contributed by atoms with Gasteiger partial charge >= 0.3 is 5.97 Å². The van der Waals surface area contributed by atoms with Crippen molar-refractivity contribution in [2.24, 2.45) is 11.5 Å². The first kappa shape index (κ1) is 24.0. The van der Waals surface area contributed by atoms with E-state index < -0.39 is 6.04 Å². The maximum atomic E-state index is 11.4. The van der Waals surface area contributed by atoms with Crippen LogP contribution in [0.3, 0.4) is 0 Å². The van der Waals surface area contributed by atoms with Crippen LogP contribution in [0.1, 0.15) is 58.3 Å². The van der Waals surface area contributed by atoms with Crippen LogP contribution in [0, 0.1) is 0 Å². The van der Waals surface area contributed by atoms with Crippen molar-refractivity contribution in [1.82, 2.24) is 0 Å². The summed E-state index contributed by atoms with van der Waals surface area (Å²) in [6, 6.07) is -0.501. The number of rotatable bonds is 11. The van der Waals surface area contributed by atoms with Gasteiger partial charge in [-0.15, -0.1) is 24.8 Å². The highest BCUT2D eigenvalue weighted by Crippen LogP contribution is 2.05. The van der Waals surface area contributed by atoms with Crippen LogP contribution in [0.5, 0.6) is 0 Å². The number of hydrogen-bond acceptors (Lipinski definition) is 4. The van der Waals surface area contributed by atoms with E-state index in [1.165, 1.54) is 25.7 Å². The van der Waals surface area contributed by atoms with Crippen LogP contribution < -0.4 is 11.5 Å². The monoisotopic (exact) mass is 316 g/mol. The Bertz CT molecular complexity index is 195. The Hall–Kier alpha value is -0.0300. The average Bonchev–Trinajstić information content (AvgIpc) is 2.34. The number of carbonyl (C=O) groups excluding carboxylic acids is 1. The van der Waals surface area contributed by atoms with Crippen molar-refractivity contribution in [2.75, 3.05) is 13.2 Å². The van der Waals surface area contributed by atoms with Crippen molar-refractivity contribution >= 4 is 30.8 Å². The van der Waals surface area contributed by atoms with Crippen LogP contribution in [0.25, 0.3) is 0 Å². The SMILES string of the molecule is CCCCCCCCOC(=O)[C@@H](N)CCCN.Cl.Cl. The first-order valence-electron chi connectivity index (χ1n) is 6.84. The Morgan fingerprint density at radius 1 is 1.05 bits per heavy atom. The second-order valence-corrected chi connectivity index (χ2v) is 4.47. The summed E-state index contributed by atoms with van der Waals surface area (Å²) in [5.41, 5.74) is 11.0. The lowest BCUT2D eigenvalue weighted by molar-refractivity contribution is -0.145. The van der Waals surface area contributed by atoms with E-state index in [2.05, 4.69) is 6.92 Å². The lowest BCUT2D eigenvalue weighted by Crippen LogP contribution is -2.33. The van der Waals surface area contributed by atoms with Crippen molar-refractivity contribution in [1.29, 1.82) is 0 Å². The zero-order chi connectivity index (χ0) is 12.9. The number of unbranched alkanes of at least 4 members (excludes halogenated alkanes) is 5. The van der Waals surface area contributed by atoms with Crippen LogP contribution in [0.4, 0.5) is 0 Å². The van der Waals surface area contributed by atoms with Crippen LogP contribution >= 0.6 is 24.8 Å². The summed E-state index contributed by atoms with van der Waals surface area (Å²) >= 11 is 0. The fourth-order valence-corrected chi connectivity index (χ4v) is 1.62. The molecular formula is C13H30Cl2N2O2. The molecule has 0 aliphatic heterocycles. The standard InChI is InChI=1S/C13H28N2O2.2ClH/c1-2-3-4-5-6-7-11-17-13(16)12(15)9-8-10-14;;/h12H,2-11,14-15H2,1H3;2*1H/t12-;;/m0../s1. The van der Waals surface area contributed by atoms with Gasteiger partial charge in [0.25, 0.3) is 0 Å². The smallest absolute Gasteiger partial charge is 0.322 e. The molecule has 0 aliphatic rings. The van der Waals surface area contributed by atoms with Crippen LogP contribution in [0.2, 0.25) is 0 Å². The molecule has 4 N–H and O–H groups in total. The molecule has 0 fully saturated rings. The summed E-state index contributed by atoms with van der Waals surface area (Å²) in [6.07, 6.45) is 8.52. The van der Waals surface area contributed by atoms with Gasteiger partial charge in [-0.05, 0) is 25.8 Å². The molecule has 0 saturated heterocycles. The van der Waals surface area contributed by atoms with Gasteiger partial charge < -0.3 is 16.2 Å². The molecular weight excluding hydrogens is 287 g/mol. The molecule has 6 heteroatoms. The number of carbonyl (C=O) groups is 1. The Morgan fingerprint density at radius 2 is 1.63 bits per heavy atom. The molecule has 0 aromatic rings. The lowest BCUT2D eigenvalue weighted by atomic mass is 10.1. The largest absolute Gasteiger partial charge is 0.465 e. The minimum Gasteiger partial charge on any atom is -0.465 e. The predicted octanol–water partition coefficient (Wildman–Crippen LogP) is 2.80. The van der Waals surface area contributed by atoms with E-state index in [4.69, 9.17) is 16.2 Å². The van der Waals surface area contributed by atoms with E-state index in [0.717, 1.165) is 19.3 Å². The molecule has 19 heavy (non-hydrogen) atoms. The first-order valence-corrected chi connectivity index (χ1v) is 6.84. The highest BCUT2D eigenvalue weighted by atomic mass is 35.5. The summed E-state index contributed by atoms with van der Waals surface area (Å²) in [5.74, 6) is -0.285. The van der Waals surface area contributed by atoms with E-state index in [1.807, 2.05) is 0 Å². The molecule has 0 amide bonds. The quantitative estimate of drug-likeness (QED) is 0.454. The zero-order valence-corrected chi connectivity index (χ0v) is 13.6. The van der Waals surface area contributed by atoms with E-state index in [1.54, 1.807) is 0 Å². The highest BCUT2D eigenvalue weighted by Gasteiger charge is 2.13. The van der Waals surface area contributed by atoms with Gasteiger partial charge in [-0.1, -0.05) is 39.0 Å². The fourth-order valence-electron chi connectivity index (χ4n) is 1.62. The average molecular weight is 317 g/mol. The zero-order valence-electron chi connectivity index (χ0n) is 11.9. The van der Waals surface area contributed by atoms with Gasteiger partial charge in [0.1, 0.15) is 6.04 Å². The van der Waals surface area contributed by atoms with E-state index >= 15 is 0 Å². The van der Waals surface area contributed by atoms with Gasteiger partial charge in [-0.3, -0.25) is 4.79 Å². The summed E-state index contributed by atoms with van der Waals surface area (Å²) < 4.78 is 5.10. The fraction of sp³-hybridized carbons (Fsp3) is 0.923. The predicted molar refractivity (Wildman–Crippen MR) is 85.1 cm³/mol. The molecule has 4 nitrogen and oxygen atoms in total. The van der Waals surface area contributed by atoms with Crippen LogP contribution in [0.15, 0.2) is 0 Å². The minimum atomic E-state index is -0.501. The topological polar surface area (TPSA) is 78.3 Å². The molecule has 118 valence electrons. The third kappa shape index (κ3) is 15.9. The van der Waals surface area contributed by atoms with Gasteiger partial charge in [0.15, 0.2) is 0 Å². The number of ether oxygens (including phenoxy) is 1. The Morgan fingerprint density at radius 3 is 2.21 bits per heavy atom. The highest BCUT2D eigenvalue weighted by molar-refractivity contribution is 5.85. The van der Waals surface area contributed by atoms with Crippen molar-refractivity contribution in [3.05, 3.63) is 0 Å². The van der Waals surface area contributed by atoms with Crippen molar-refractivity contribution in [3.63, 3.8) is 0 Å². The second-order valence-electron chi connectivity index (χ2n) is 4.47. The maximum absolute atomic E-state index is 11.4.